The van der Waals surface area contributed by atoms with Crippen molar-refractivity contribution in [2.45, 2.75) is 59.8 Å². The molecule has 2 aliphatic carbocycles. The molecule has 2 saturated carbocycles. The molecule has 16 heavy (non-hydrogen) atoms. The van der Waals surface area contributed by atoms with Crippen molar-refractivity contribution in [1.29, 1.82) is 0 Å². The van der Waals surface area contributed by atoms with Crippen LogP contribution < -0.4 is 0 Å². The van der Waals surface area contributed by atoms with E-state index in [0.717, 1.165) is 24.7 Å². The van der Waals surface area contributed by atoms with E-state index in [4.69, 9.17) is 5.11 Å². The second-order valence-electron chi connectivity index (χ2n) is 6.56. The summed E-state index contributed by atoms with van der Waals surface area (Å²) >= 11 is 0. The monoisotopic (exact) mass is 226 g/mol. The molecule has 94 valence electrons. The zero-order valence-electron chi connectivity index (χ0n) is 11.1. The van der Waals surface area contributed by atoms with Gasteiger partial charge in [-0.2, -0.15) is 0 Å². The molecular weight excluding hydrogens is 200 g/mol. The first kappa shape index (κ1) is 13.5. The normalized spacial score (nSPS) is 25.9. The Morgan fingerprint density at radius 1 is 1.38 bits per heavy atom. The van der Waals surface area contributed by atoms with Crippen molar-refractivity contribution in [2.24, 2.45) is 23.2 Å². The Morgan fingerprint density at radius 3 is 2.00 bits per heavy atom. The molecule has 1 N–H and O–H groups in total. The SMILES string of the molecule is CC(C)CC1CC1(C)C.O=C(O)CC1CC1. The highest BCUT2D eigenvalue weighted by atomic mass is 16.4. The smallest absolute Gasteiger partial charge is 0.303 e. The van der Waals surface area contributed by atoms with Gasteiger partial charge in [-0.25, -0.2) is 0 Å². The first-order valence-electron chi connectivity index (χ1n) is 6.53. The van der Waals surface area contributed by atoms with E-state index in [1.807, 2.05) is 0 Å². The number of hydrogen-bond donors (Lipinski definition) is 1. The van der Waals surface area contributed by atoms with Crippen molar-refractivity contribution < 1.29 is 9.90 Å². The molecule has 0 spiro atoms. The van der Waals surface area contributed by atoms with Gasteiger partial charge in [0, 0.05) is 6.42 Å². The molecule has 0 aromatic heterocycles. The van der Waals surface area contributed by atoms with Gasteiger partial charge in [0.25, 0.3) is 0 Å². The molecular formula is C14H26O2. The summed E-state index contributed by atoms with van der Waals surface area (Å²) < 4.78 is 0. The van der Waals surface area contributed by atoms with E-state index < -0.39 is 5.97 Å². The summed E-state index contributed by atoms with van der Waals surface area (Å²) in [4.78, 5) is 9.85. The highest BCUT2D eigenvalue weighted by Crippen LogP contribution is 2.54. The fourth-order valence-electron chi connectivity index (χ4n) is 2.12. The van der Waals surface area contributed by atoms with Gasteiger partial charge in [0.05, 0.1) is 0 Å². The van der Waals surface area contributed by atoms with Crippen LogP contribution in [0.4, 0.5) is 0 Å². The van der Waals surface area contributed by atoms with Gasteiger partial charge in [-0.05, 0) is 48.9 Å². The summed E-state index contributed by atoms with van der Waals surface area (Å²) in [6.07, 6.45) is 5.55. The van der Waals surface area contributed by atoms with E-state index in [1.54, 1.807) is 0 Å². The maximum absolute atomic E-state index is 9.85. The number of carbonyl (C=O) groups is 1. The summed E-state index contributed by atoms with van der Waals surface area (Å²) in [5.74, 6) is 1.81. The topological polar surface area (TPSA) is 37.3 Å². The predicted molar refractivity (Wildman–Crippen MR) is 66.3 cm³/mol. The van der Waals surface area contributed by atoms with Gasteiger partial charge in [0.2, 0.25) is 0 Å². The molecule has 2 heteroatoms. The van der Waals surface area contributed by atoms with E-state index in [0.29, 0.717) is 17.8 Å². The molecule has 1 atom stereocenters. The van der Waals surface area contributed by atoms with Gasteiger partial charge >= 0.3 is 5.97 Å². The van der Waals surface area contributed by atoms with Crippen molar-refractivity contribution in [3.8, 4) is 0 Å². The number of rotatable bonds is 4. The highest BCUT2D eigenvalue weighted by Gasteiger charge is 2.44. The minimum absolute atomic E-state index is 0.389. The Balaban J connectivity index is 0.000000165. The van der Waals surface area contributed by atoms with Gasteiger partial charge in [-0.1, -0.05) is 27.7 Å². The number of carboxylic acid groups (broad SMARTS) is 1. The summed E-state index contributed by atoms with van der Waals surface area (Å²) in [6, 6.07) is 0. The second-order valence-corrected chi connectivity index (χ2v) is 6.56. The summed E-state index contributed by atoms with van der Waals surface area (Å²) in [6.45, 7) is 9.38. The standard InChI is InChI=1S/C9H18.C5H8O2/c1-7(2)5-8-6-9(8,3)4;6-5(7)3-4-1-2-4/h7-8H,5-6H2,1-4H3;4H,1-3H2,(H,6,7). The Kier molecular flexibility index (Phi) is 4.40. The molecule has 1 unspecified atom stereocenters. The van der Waals surface area contributed by atoms with Crippen molar-refractivity contribution >= 4 is 5.97 Å². The van der Waals surface area contributed by atoms with Gasteiger partial charge in [0.1, 0.15) is 0 Å². The zero-order chi connectivity index (χ0) is 12.3. The fraction of sp³-hybridized carbons (Fsp3) is 0.929. The van der Waals surface area contributed by atoms with Crippen LogP contribution in [0.3, 0.4) is 0 Å². The van der Waals surface area contributed by atoms with Gasteiger partial charge in [-0.15, -0.1) is 0 Å². The second kappa shape index (κ2) is 5.20. The lowest BCUT2D eigenvalue weighted by Gasteiger charge is -2.04. The van der Waals surface area contributed by atoms with Crippen LogP contribution in [0.15, 0.2) is 0 Å². The molecule has 2 fully saturated rings. The Bertz CT molecular complexity index is 239. The van der Waals surface area contributed by atoms with E-state index >= 15 is 0 Å². The van der Waals surface area contributed by atoms with Crippen molar-refractivity contribution in [1.82, 2.24) is 0 Å². The van der Waals surface area contributed by atoms with Crippen molar-refractivity contribution in [3.05, 3.63) is 0 Å². The molecule has 0 saturated heterocycles. The molecule has 2 nitrogen and oxygen atoms in total. The third-order valence-corrected chi connectivity index (χ3v) is 3.63. The van der Waals surface area contributed by atoms with Crippen LogP contribution in [0, 0.1) is 23.2 Å². The maximum atomic E-state index is 9.85. The molecule has 2 aliphatic rings. The molecule has 0 heterocycles. The van der Waals surface area contributed by atoms with Crippen molar-refractivity contribution in [2.75, 3.05) is 0 Å². The lowest BCUT2D eigenvalue weighted by molar-refractivity contribution is -0.137. The van der Waals surface area contributed by atoms with Crippen LogP contribution in [0.25, 0.3) is 0 Å². The molecule has 0 aliphatic heterocycles. The van der Waals surface area contributed by atoms with E-state index in [2.05, 4.69) is 27.7 Å². The quantitative estimate of drug-likeness (QED) is 0.788. The van der Waals surface area contributed by atoms with Crippen LogP contribution in [0.1, 0.15) is 59.8 Å². The van der Waals surface area contributed by atoms with Crippen molar-refractivity contribution in [3.63, 3.8) is 0 Å². The predicted octanol–water partition coefficient (Wildman–Crippen LogP) is 3.95. The minimum Gasteiger partial charge on any atom is -0.481 e. The third kappa shape index (κ3) is 5.53. The zero-order valence-corrected chi connectivity index (χ0v) is 11.1. The van der Waals surface area contributed by atoms with E-state index in [1.165, 1.54) is 12.8 Å². The maximum Gasteiger partial charge on any atom is 0.303 e. The summed E-state index contributed by atoms with van der Waals surface area (Å²) in [7, 11) is 0. The first-order chi connectivity index (χ1) is 7.31. The Hall–Kier alpha value is -0.530. The first-order valence-corrected chi connectivity index (χ1v) is 6.53. The van der Waals surface area contributed by atoms with E-state index in [-0.39, 0.29) is 0 Å². The number of hydrogen-bond acceptors (Lipinski definition) is 1. The van der Waals surface area contributed by atoms with E-state index in [9.17, 15) is 4.79 Å². The Morgan fingerprint density at radius 2 is 1.88 bits per heavy atom. The summed E-state index contributed by atoms with van der Waals surface area (Å²) in [5, 5.41) is 8.12. The van der Waals surface area contributed by atoms with Gasteiger partial charge in [-0.3, -0.25) is 4.79 Å². The number of carboxylic acids is 1. The van der Waals surface area contributed by atoms with Crippen LogP contribution >= 0.6 is 0 Å². The molecule has 0 aromatic rings. The molecule has 0 radical (unpaired) electrons. The minimum atomic E-state index is -0.650. The van der Waals surface area contributed by atoms with Crippen LogP contribution in [0.5, 0.6) is 0 Å². The molecule has 2 rings (SSSR count). The van der Waals surface area contributed by atoms with Crippen LogP contribution in [-0.2, 0) is 4.79 Å². The average Bonchev–Trinajstić information content (AvgIpc) is 2.94. The fourth-order valence-corrected chi connectivity index (χ4v) is 2.12. The highest BCUT2D eigenvalue weighted by molar-refractivity contribution is 5.67. The molecule has 0 bridgehead atoms. The van der Waals surface area contributed by atoms with Crippen LogP contribution in [-0.4, -0.2) is 11.1 Å². The molecule has 0 aromatic carbocycles. The molecule has 0 amide bonds. The summed E-state index contributed by atoms with van der Waals surface area (Å²) in [5.41, 5.74) is 0.699. The Labute approximate surface area is 99.4 Å². The van der Waals surface area contributed by atoms with Gasteiger partial charge < -0.3 is 5.11 Å². The number of aliphatic carboxylic acids is 1. The third-order valence-electron chi connectivity index (χ3n) is 3.63. The lowest BCUT2D eigenvalue weighted by Crippen LogP contribution is -1.94. The van der Waals surface area contributed by atoms with Crippen LogP contribution in [0.2, 0.25) is 0 Å². The lowest BCUT2D eigenvalue weighted by atomic mass is 10.0. The average molecular weight is 226 g/mol. The largest absolute Gasteiger partial charge is 0.481 e. The van der Waals surface area contributed by atoms with Gasteiger partial charge in [0.15, 0.2) is 0 Å².